The number of halogens is 1. The van der Waals surface area contributed by atoms with Gasteiger partial charge in [0, 0.05) is 43.9 Å². The standard InChI is InChI=1S/C32H31ClN4O2/c1-39-29-10-6-5-9-27(29)32(38)36-19-17-35(18-20-36)22-28-31(24-11-14-26(33)15-12-24)34-30-16-13-25(21-37(28)30)23-7-3-2-4-8-23/h2-16,21,30,34H,17-20,22H2,1H3. The van der Waals surface area contributed by atoms with Gasteiger partial charge in [0.1, 0.15) is 11.9 Å². The normalized spacial score (nSPS) is 19.0. The second-order valence-electron chi connectivity index (χ2n) is 9.90. The van der Waals surface area contributed by atoms with Crippen molar-refractivity contribution in [2.45, 2.75) is 6.17 Å². The number of nitrogens with zero attached hydrogens (tertiary/aromatic N) is 3. The molecule has 39 heavy (non-hydrogen) atoms. The molecule has 1 N–H and O–H groups in total. The fourth-order valence-corrected chi connectivity index (χ4v) is 5.55. The number of ether oxygens (including phenoxy) is 1. The van der Waals surface area contributed by atoms with Crippen LogP contribution in [-0.4, -0.2) is 66.6 Å². The highest BCUT2D eigenvalue weighted by molar-refractivity contribution is 6.30. The molecule has 3 aliphatic rings. The monoisotopic (exact) mass is 538 g/mol. The summed E-state index contributed by atoms with van der Waals surface area (Å²) in [6.07, 6.45) is 6.70. The average molecular weight is 539 g/mol. The Morgan fingerprint density at radius 2 is 1.64 bits per heavy atom. The van der Waals surface area contributed by atoms with E-state index in [1.54, 1.807) is 7.11 Å². The van der Waals surface area contributed by atoms with E-state index in [4.69, 9.17) is 16.3 Å². The smallest absolute Gasteiger partial charge is 0.257 e. The van der Waals surface area contributed by atoms with E-state index >= 15 is 0 Å². The molecule has 7 heteroatoms. The molecule has 6 rings (SSSR count). The first-order chi connectivity index (χ1) is 19.1. The van der Waals surface area contributed by atoms with Crippen molar-refractivity contribution >= 4 is 28.8 Å². The number of piperazine rings is 1. The van der Waals surface area contributed by atoms with E-state index in [1.807, 2.05) is 47.4 Å². The molecule has 198 valence electrons. The van der Waals surface area contributed by atoms with Crippen LogP contribution in [0.2, 0.25) is 5.02 Å². The summed E-state index contributed by atoms with van der Waals surface area (Å²) in [6, 6.07) is 25.9. The van der Waals surface area contributed by atoms with Gasteiger partial charge in [-0.1, -0.05) is 72.3 Å². The Balaban J connectivity index is 1.24. The number of hydrogen-bond donors (Lipinski definition) is 1. The van der Waals surface area contributed by atoms with Gasteiger partial charge in [0.25, 0.3) is 5.91 Å². The molecule has 0 bridgehead atoms. The zero-order valence-corrected chi connectivity index (χ0v) is 22.6. The van der Waals surface area contributed by atoms with Gasteiger partial charge in [0.2, 0.25) is 0 Å². The number of carbonyl (C=O) groups excluding carboxylic acids is 1. The summed E-state index contributed by atoms with van der Waals surface area (Å²) in [7, 11) is 1.60. The summed E-state index contributed by atoms with van der Waals surface area (Å²) in [4.78, 5) is 19.9. The predicted octanol–water partition coefficient (Wildman–Crippen LogP) is 5.32. The van der Waals surface area contributed by atoms with Gasteiger partial charge in [-0.2, -0.15) is 0 Å². The fraction of sp³-hybridized carbons (Fsp3) is 0.219. The number of methoxy groups -OCH3 is 1. The number of allylic oxidation sites excluding steroid dienone is 2. The predicted molar refractivity (Wildman–Crippen MR) is 156 cm³/mol. The van der Waals surface area contributed by atoms with E-state index < -0.39 is 0 Å². The van der Waals surface area contributed by atoms with Crippen molar-refractivity contribution < 1.29 is 9.53 Å². The molecular weight excluding hydrogens is 508 g/mol. The maximum atomic E-state index is 13.2. The van der Waals surface area contributed by atoms with Crippen molar-refractivity contribution in [1.82, 2.24) is 20.0 Å². The van der Waals surface area contributed by atoms with Crippen molar-refractivity contribution in [3.63, 3.8) is 0 Å². The van der Waals surface area contributed by atoms with E-state index in [1.165, 1.54) is 16.8 Å². The quantitative estimate of drug-likeness (QED) is 0.460. The molecule has 0 radical (unpaired) electrons. The highest BCUT2D eigenvalue weighted by Crippen LogP contribution is 2.34. The van der Waals surface area contributed by atoms with Gasteiger partial charge in [-0.25, -0.2) is 0 Å². The third-order valence-corrected chi connectivity index (χ3v) is 7.79. The van der Waals surface area contributed by atoms with Crippen LogP contribution in [0.5, 0.6) is 5.75 Å². The van der Waals surface area contributed by atoms with Crippen molar-refractivity contribution in [2.75, 3.05) is 39.8 Å². The number of para-hydroxylation sites is 1. The van der Waals surface area contributed by atoms with Crippen LogP contribution in [0.4, 0.5) is 0 Å². The zero-order chi connectivity index (χ0) is 26.8. The highest BCUT2D eigenvalue weighted by Gasteiger charge is 2.33. The van der Waals surface area contributed by atoms with E-state index in [0.717, 1.165) is 35.9 Å². The van der Waals surface area contributed by atoms with Crippen molar-refractivity contribution in [1.29, 1.82) is 0 Å². The molecule has 1 unspecified atom stereocenters. The van der Waals surface area contributed by atoms with Gasteiger partial charge in [-0.05, 0) is 47.0 Å². The SMILES string of the molecule is COc1ccccc1C(=O)N1CCN(CC2=C(c3ccc(Cl)cc3)NC3C=CC(c4ccccc4)=CN23)CC1. The Hall–Kier alpha value is -4.00. The minimum Gasteiger partial charge on any atom is -0.496 e. The molecule has 6 nitrogen and oxygen atoms in total. The second-order valence-corrected chi connectivity index (χ2v) is 10.3. The average Bonchev–Trinajstić information content (AvgIpc) is 3.35. The number of fused-ring (bicyclic) bond motifs is 1. The number of rotatable bonds is 6. The van der Waals surface area contributed by atoms with Crippen LogP contribution >= 0.6 is 11.6 Å². The lowest BCUT2D eigenvalue weighted by Gasteiger charge is -2.36. The molecular formula is C32H31ClN4O2. The Kier molecular flexibility index (Phi) is 7.14. The van der Waals surface area contributed by atoms with Gasteiger partial charge >= 0.3 is 0 Å². The first-order valence-corrected chi connectivity index (χ1v) is 13.6. The summed E-state index contributed by atoms with van der Waals surface area (Å²) in [5.41, 5.74) is 6.41. The maximum absolute atomic E-state index is 13.2. The summed E-state index contributed by atoms with van der Waals surface area (Å²) in [6.45, 7) is 3.69. The van der Waals surface area contributed by atoms with Crippen LogP contribution in [-0.2, 0) is 0 Å². The van der Waals surface area contributed by atoms with Crippen LogP contribution in [0.25, 0.3) is 11.3 Å². The van der Waals surface area contributed by atoms with Gasteiger partial charge in [-0.3, -0.25) is 9.69 Å². The third kappa shape index (κ3) is 5.18. The molecule has 0 spiro atoms. The molecule has 3 aromatic rings. The van der Waals surface area contributed by atoms with E-state index in [-0.39, 0.29) is 12.1 Å². The summed E-state index contributed by atoms with van der Waals surface area (Å²) in [5, 5.41) is 4.45. The van der Waals surface area contributed by atoms with E-state index in [9.17, 15) is 4.79 Å². The molecule has 3 heterocycles. The molecule has 1 fully saturated rings. The van der Waals surface area contributed by atoms with E-state index in [0.29, 0.717) is 24.4 Å². The van der Waals surface area contributed by atoms with Crippen molar-refractivity contribution in [3.05, 3.63) is 125 Å². The molecule has 1 saturated heterocycles. The minimum absolute atomic E-state index is 0.0207. The first-order valence-electron chi connectivity index (χ1n) is 13.2. The molecule has 3 aliphatic heterocycles. The second kappa shape index (κ2) is 11.0. The van der Waals surface area contributed by atoms with Crippen molar-refractivity contribution in [3.8, 4) is 5.75 Å². The molecule has 0 aromatic heterocycles. The largest absolute Gasteiger partial charge is 0.496 e. The van der Waals surface area contributed by atoms with Gasteiger partial charge in [0.05, 0.1) is 24.1 Å². The number of carbonyl (C=O) groups is 1. The first kappa shape index (κ1) is 25.3. The molecule has 0 aliphatic carbocycles. The topological polar surface area (TPSA) is 48.1 Å². The van der Waals surface area contributed by atoms with Crippen molar-refractivity contribution in [2.24, 2.45) is 0 Å². The Bertz CT molecular complexity index is 1440. The van der Waals surface area contributed by atoms with Crippen LogP contribution < -0.4 is 10.1 Å². The fourth-order valence-electron chi connectivity index (χ4n) is 5.43. The van der Waals surface area contributed by atoms with Gasteiger partial charge < -0.3 is 19.9 Å². The molecule has 1 atom stereocenters. The van der Waals surface area contributed by atoms with Crippen LogP contribution in [0.3, 0.4) is 0 Å². The van der Waals surface area contributed by atoms with Gasteiger partial charge in [0.15, 0.2) is 0 Å². The van der Waals surface area contributed by atoms with Gasteiger partial charge in [-0.15, -0.1) is 0 Å². The summed E-state index contributed by atoms with van der Waals surface area (Å²) < 4.78 is 5.42. The maximum Gasteiger partial charge on any atom is 0.257 e. The Labute approximate surface area is 234 Å². The lowest BCUT2D eigenvalue weighted by Crippen LogP contribution is -2.49. The summed E-state index contributed by atoms with van der Waals surface area (Å²) >= 11 is 6.21. The summed E-state index contributed by atoms with van der Waals surface area (Å²) in [5.74, 6) is 0.636. The molecule has 3 aromatic carbocycles. The minimum atomic E-state index is 0.0207. The Morgan fingerprint density at radius 3 is 2.38 bits per heavy atom. The van der Waals surface area contributed by atoms with Crippen LogP contribution in [0, 0.1) is 0 Å². The number of nitrogens with one attached hydrogen (secondary N) is 1. The van der Waals surface area contributed by atoms with E-state index in [2.05, 4.69) is 69.9 Å². The lowest BCUT2D eigenvalue weighted by atomic mass is 10.0. The Morgan fingerprint density at radius 1 is 0.923 bits per heavy atom. The third-order valence-electron chi connectivity index (χ3n) is 7.54. The number of hydrogen-bond acceptors (Lipinski definition) is 5. The number of amides is 1. The highest BCUT2D eigenvalue weighted by atomic mass is 35.5. The zero-order valence-electron chi connectivity index (χ0n) is 21.9. The lowest BCUT2D eigenvalue weighted by molar-refractivity contribution is 0.0639. The molecule has 0 saturated carbocycles. The molecule has 1 amide bonds. The number of benzene rings is 3. The van der Waals surface area contributed by atoms with Crippen LogP contribution in [0.1, 0.15) is 21.5 Å². The van der Waals surface area contributed by atoms with Crippen LogP contribution in [0.15, 0.2) is 103 Å².